The minimum Gasteiger partial charge on any atom is -0.361 e. The average Bonchev–Trinajstić information content (AvgIpc) is 2.67. The molecule has 1 N–H and O–H groups in total. The molecule has 0 aliphatic heterocycles. The van der Waals surface area contributed by atoms with Crippen LogP contribution in [0.1, 0.15) is 4.88 Å². The fraction of sp³-hybridized carbons (Fsp3) is 0.222. The highest BCUT2D eigenvalue weighted by molar-refractivity contribution is 7.15. The van der Waals surface area contributed by atoms with E-state index in [1.807, 2.05) is 0 Å². The Bertz CT molecular complexity index is 550. The molecule has 7 heteroatoms. The lowest BCUT2D eigenvalue weighted by molar-refractivity contribution is 0.839. The van der Waals surface area contributed by atoms with E-state index in [4.69, 9.17) is 11.6 Å². The van der Waals surface area contributed by atoms with Crippen molar-refractivity contribution in [1.82, 2.24) is 14.5 Å². The molecule has 2 heterocycles. The fourth-order valence-corrected chi connectivity index (χ4v) is 2.07. The van der Waals surface area contributed by atoms with Gasteiger partial charge in [-0.1, -0.05) is 11.6 Å². The molecule has 16 heavy (non-hydrogen) atoms. The highest BCUT2D eigenvalue weighted by Crippen LogP contribution is 2.17. The smallest absolute Gasteiger partial charge is 0.293 e. The molecule has 84 valence electrons. The Kier molecular flexibility index (Phi) is 3.21. The van der Waals surface area contributed by atoms with Crippen molar-refractivity contribution >= 4 is 28.8 Å². The lowest BCUT2D eigenvalue weighted by Crippen LogP contribution is -2.21. The van der Waals surface area contributed by atoms with Gasteiger partial charge in [-0.3, -0.25) is 4.79 Å². The summed E-state index contributed by atoms with van der Waals surface area (Å²) in [6, 6.07) is 0. The topological polar surface area (TPSA) is 59.8 Å². The first kappa shape index (κ1) is 11.1. The number of thiazole rings is 1. The van der Waals surface area contributed by atoms with E-state index in [1.165, 1.54) is 15.9 Å². The molecule has 5 nitrogen and oxygen atoms in total. The summed E-state index contributed by atoms with van der Waals surface area (Å²) < 4.78 is 1.96. The summed E-state index contributed by atoms with van der Waals surface area (Å²) in [5, 5.41) is 2.95. The van der Waals surface area contributed by atoms with Crippen LogP contribution in [0, 0.1) is 0 Å². The van der Waals surface area contributed by atoms with Gasteiger partial charge in [0.1, 0.15) is 0 Å². The zero-order valence-electron chi connectivity index (χ0n) is 8.48. The van der Waals surface area contributed by atoms with Gasteiger partial charge >= 0.3 is 0 Å². The molecule has 0 amide bonds. The number of hydrogen-bond donors (Lipinski definition) is 1. The summed E-state index contributed by atoms with van der Waals surface area (Å²) in [5.74, 6) is 0.328. The van der Waals surface area contributed by atoms with Crippen LogP contribution in [0.25, 0.3) is 0 Å². The van der Waals surface area contributed by atoms with E-state index < -0.39 is 0 Å². The van der Waals surface area contributed by atoms with Crippen LogP contribution < -0.4 is 10.9 Å². The van der Waals surface area contributed by atoms with Crippen LogP contribution >= 0.6 is 22.9 Å². The number of halogens is 1. The third-order valence-electron chi connectivity index (χ3n) is 1.97. The monoisotopic (exact) mass is 256 g/mol. The summed E-state index contributed by atoms with van der Waals surface area (Å²) in [6.07, 6.45) is 4.86. The summed E-state index contributed by atoms with van der Waals surface area (Å²) in [4.78, 5) is 20.4. The van der Waals surface area contributed by atoms with Crippen molar-refractivity contribution in [3.63, 3.8) is 0 Å². The van der Waals surface area contributed by atoms with Crippen LogP contribution in [0.2, 0.25) is 4.47 Å². The van der Waals surface area contributed by atoms with Crippen LogP contribution in [0.5, 0.6) is 0 Å². The van der Waals surface area contributed by atoms with E-state index in [0.717, 1.165) is 4.88 Å². The van der Waals surface area contributed by atoms with Gasteiger partial charge in [0.25, 0.3) is 5.56 Å². The van der Waals surface area contributed by atoms with E-state index in [1.54, 1.807) is 25.6 Å². The van der Waals surface area contributed by atoms with E-state index in [2.05, 4.69) is 15.3 Å². The Morgan fingerprint density at radius 1 is 1.56 bits per heavy atom. The molecule has 2 aromatic heterocycles. The normalized spacial score (nSPS) is 10.4. The molecule has 0 aromatic carbocycles. The summed E-state index contributed by atoms with van der Waals surface area (Å²) >= 11 is 7.07. The van der Waals surface area contributed by atoms with Gasteiger partial charge in [-0.15, -0.1) is 11.3 Å². The number of hydrogen-bond acceptors (Lipinski definition) is 5. The van der Waals surface area contributed by atoms with E-state index in [-0.39, 0.29) is 5.56 Å². The molecule has 0 unspecified atom stereocenters. The molecule has 0 fully saturated rings. The molecule has 0 bridgehead atoms. The van der Waals surface area contributed by atoms with Crippen LogP contribution in [0.3, 0.4) is 0 Å². The van der Waals surface area contributed by atoms with Crippen LogP contribution in [0.15, 0.2) is 23.4 Å². The molecule has 0 aliphatic rings. The first-order chi connectivity index (χ1) is 7.66. The number of rotatable bonds is 3. The molecule has 2 aromatic rings. The quantitative estimate of drug-likeness (QED) is 0.904. The van der Waals surface area contributed by atoms with Gasteiger partial charge in [0.2, 0.25) is 0 Å². The molecular weight excluding hydrogens is 248 g/mol. The number of aryl methyl sites for hydroxylation is 1. The first-order valence-electron chi connectivity index (χ1n) is 4.52. The van der Waals surface area contributed by atoms with Crippen molar-refractivity contribution in [3.05, 3.63) is 38.3 Å². The van der Waals surface area contributed by atoms with Crippen LogP contribution in [-0.4, -0.2) is 14.5 Å². The Balaban J connectivity index is 2.11. The maximum Gasteiger partial charge on any atom is 0.293 e. The van der Waals surface area contributed by atoms with Crippen molar-refractivity contribution in [2.45, 2.75) is 6.54 Å². The zero-order chi connectivity index (χ0) is 11.5. The van der Waals surface area contributed by atoms with Gasteiger partial charge in [-0.2, -0.15) is 0 Å². The van der Waals surface area contributed by atoms with Crippen molar-refractivity contribution in [2.24, 2.45) is 7.05 Å². The van der Waals surface area contributed by atoms with Gasteiger partial charge < -0.3 is 9.88 Å². The Labute approximate surface area is 101 Å². The first-order valence-corrected chi connectivity index (χ1v) is 5.72. The maximum atomic E-state index is 11.6. The molecule has 0 spiro atoms. The summed E-state index contributed by atoms with van der Waals surface area (Å²) in [7, 11) is 1.68. The number of nitrogens with zero attached hydrogens (tertiary/aromatic N) is 3. The van der Waals surface area contributed by atoms with Gasteiger partial charge in [-0.05, 0) is 0 Å². The van der Waals surface area contributed by atoms with Crippen LogP contribution in [-0.2, 0) is 13.6 Å². The van der Waals surface area contributed by atoms with Crippen molar-refractivity contribution in [1.29, 1.82) is 0 Å². The second-order valence-electron chi connectivity index (χ2n) is 3.12. The van der Waals surface area contributed by atoms with Crippen LogP contribution in [0.4, 0.5) is 5.82 Å². The van der Waals surface area contributed by atoms with Gasteiger partial charge in [-0.25, -0.2) is 9.97 Å². The lowest BCUT2D eigenvalue weighted by Gasteiger charge is -2.03. The van der Waals surface area contributed by atoms with Crippen molar-refractivity contribution < 1.29 is 0 Å². The number of nitrogens with one attached hydrogen (secondary N) is 1. The highest BCUT2D eigenvalue weighted by atomic mass is 35.5. The predicted octanol–water partition coefficient (Wildman–Crippen LogP) is 1.50. The minimum absolute atomic E-state index is 0.155. The Hall–Kier alpha value is -1.40. The Morgan fingerprint density at radius 2 is 2.38 bits per heavy atom. The van der Waals surface area contributed by atoms with Crippen molar-refractivity contribution in [3.8, 4) is 0 Å². The lowest BCUT2D eigenvalue weighted by atomic mass is 10.5. The summed E-state index contributed by atoms with van der Waals surface area (Å²) in [6.45, 7) is 0.497. The van der Waals surface area contributed by atoms with E-state index in [9.17, 15) is 4.79 Å². The average molecular weight is 257 g/mol. The largest absolute Gasteiger partial charge is 0.361 e. The third-order valence-corrected chi connectivity index (χ3v) is 3.09. The minimum atomic E-state index is -0.155. The van der Waals surface area contributed by atoms with Gasteiger partial charge in [0.15, 0.2) is 10.3 Å². The molecule has 0 saturated heterocycles. The van der Waals surface area contributed by atoms with E-state index >= 15 is 0 Å². The van der Waals surface area contributed by atoms with Gasteiger partial charge in [0, 0.05) is 30.5 Å². The SMILES string of the molecule is Cn1ccnc(NCc2cnc(Cl)s2)c1=O. The fourth-order valence-electron chi connectivity index (χ4n) is 1.16. The predicted molar refractivity (Wildman–Crippen MR) is 63.9 cm³/mol. The molecule has 2 rings (SSSR count). The second kappa shape index (κ2) is 4.63. The molecule has 0 radical (unpaired) electrons. The Morgan fingerprint density at radius 3 is 3.06 bits per heavy atom. The van der Waals surface area contributed by atoms with E-state index in [0.29, 0.717) is 16.8 Å². The number of aromatic nitrogens is 3. The third kappa shape index (κ3) is 2.40. The van der Waals surface area contributed by atoms with Gasteiger partial charge in [0.05, 0.1) is 6.54 Å². The van der Waals surface area contributed by atoms with Crippen molar-refractivity contribution in [2.75, 3.05) is 5.32 Å². The zero-order valence-corrected chi connectivity index (χ0v) is 10.0. The molecule has 0 atom stereocenters. The number of anilines is 1. The highest BCUT2D eigenvalue weighted by Gasteiger charge is 2.03. The molecule has 0 aliphatic carbocycles. The maximum absolute atomic E-state index is 11.6. The standard InChI is InChI=1S/C9H9ClN4OS/c1-14-3-2-11-7(8(14)15)12-4-6-5-13-9(10)16-6/h2-3,5H,4H2,1H3,(H,11,12). The molecule has 0 saturated carbocycles. The molecular formula is C9H9ClN4OS. The second-order valence-corrected chi connectivity index (χ2v) is 4.82. The summed E-state index contributed by atoms with van der Waals surface area (Å²) in [5.41, 5.74) is -0.155.